The zero-order valence-electron chi connectivity index (χ0n) is 7.40. The Hall–Kier alpha value is -0.990. The molecule has 2 aromatic rings. The minimum atomic E-state index is -0.0812. The van der Waals surface area contributed by atoms with E-state index >= 15 is 0 Å². The molecule has 0 atom stereocenters. The van der Waals surface area contributed by atoms with Crippen LogP contribution in [0.4, 0.5) is 0 Å². The van der Waals surface area contributed by atoms with Gasteiger partial charge in [0.1, 0.15) is 5.69 Å². The molecule has 0 fully saturated rings. The maximum absolute atomic E-state index is 11.2. The van der Waals surface area contributed by atoms with Gasteiger partial charge in [0.2, 0.25) is 0 Å². The zero-order valence-corrected chi connectivity index (χ0v) is 8.91. The van der Waals surface area contributed by atoms with Crippen molar-refractivity contribution >= 4 is 39.9 Å². The monoisotopic (exact) mass is 227 g/mol. The smallest absolute Gasteiger partial charge is 0.177 e. The number of benzene rings is 1. The largest absolute Gasteiger partial charge is 0.351 e. The molecule has 1 N–H and O–H groups in total. The predicted octanol–water partition coefficient (Wildman–Crippen LogP) is 3.68. The van der Waals surface area contributed by atoms with Gasteiger partial charge in [-0.2, -0.15) is 0 Å². The second-order valence-corrected chi connectivity index (χ2v) is 3.87. The molecule has 2 rings (SSSR count). The number of aromatic nitrogens is 1. The highest BCUT2D eigenvalue weighted by atomic mass is 35.5. The summed E-state index contributed by atoms with van der Waals surface area (Å²) in [6.07, 6.45) is 0. The van der Waals surface area contributed by atoms with Crippen LogP contribution in [0.2, 0.25) is 10.0 Å². The summed E-state index contributed by atoms with van der Waals surface area (Å²) in [6.45, 7) is 1.47. The van der Waals surface area contributed by atoms with Crippen LogP contribution in [0.15, 0.2) is 18.2 Å². The number of carbonyl (C=O) groups is 1. The fraction of sp³-hybridized carbons (Fsp3) is 0.100. The highest BCUT2D eigenvalue weighted by Crippen LogP contribution is 2.29. The predicted molar refractivity (Wildman–Crippen MR) is 58.3 cm³/mol. The Kier molecular flexibility index (Phi) is 2.25. The summed E-state index contributed by atoms with van der Waals surface area (Å²) in [4.78, 5) is 14.1. The molecule has 1 aromatic heterocycles. The minimum absolute atomic E-state index is 0.0812. The Morgan fingerprint density at radius 2 is 2.07 bits per heavy atom. The molecule has 1 aromatic carbocycles. The molecule has 0 bridgehead atoms. The van der Waals surface area contributed by atoms with Gasteiger partial charge in [-0.05, 0) is 18.2 Å². The van der Waals surface area contributed by atoms with Crippen LogP contribution in [-0.4, -0.2) is 10.8 Å². The van der Waals surface area contributed by atoms with Crippen LogP contribution in [0.5, 0.6) is 0 Å². The van der Waals surface area contributed by atoms with E-state index in [0.29, 0.717) is 15.7 Å². The van der Waals surface area contributed by atoms with Gasteiger partial charge in [0.15, 0.2) is 5.78 Å². The molecule has 0 radical (unpaired) electrons. The third-order valence-electron chi connectivity index (χ3n) is 2.05. The molecule has 0 amide bonds. The van der Waals surface area contributed by atoms with Gasteiger partial charge in [-0.25, -0.2) is 0 Å². The van der Waals surface area contributed by atoms with Crippen LogP contribution in [-0.2, 0) is 0 Å². The van der Waals surface area contributed by atoms with E-state index < -0.39 is 0 Å². The molecule has 4 heteroatoms. The van der Waals surface area contributed by atoms with Gasteiger partial charge in [-0.15, -0.1) is 0 Å². The van der Waals surface area contributed by atoms with Gasteiger partial charge in [0.25, 0.3) is 0 Å². The Labute approximate surface area is 90.8 Å². The molecule has 2 nitrogen and oxygen atoms in total. The number of halogens is 2. The van der Waals surface area contributed by atoms with Gasteiger partial charge < -0.3 is 4.98 Å². The van der Waals surface area contributed by atoms with Crippen molar-refractivity contribution in [3.8, 4) is 0 Å². The summed E-state index contributed by atoms with van der Waals surface area (Å²) in [5.74, 6) is -0.0812. The average Bonchev–Trinajstić information content (AvgIpc) is 2.43. The normalized spacial score (nSPS) is 10.8. The standard InChI is InChI=1S/C10H7Cl2NO/c1-5(14)10-9(12)7-3-2-6(11)4-8(7)13-10/h2-4,13H,1H3. The van der Waals surface area contributed by atoms with Crippen molar-refractivity contribution in [1.82, 2.24) is 4.98 Å². The first-order chi connectivity index (χ1) is 6.59. The van der Waals surface area contributed by atoms with E-state index in [0.717, 1.165) is 10.9 Å². The zero-order chi connectivity index (χ0) is 10.3. The molecule has 0 aliphatic rings. The number of hydrogen-bond donors (Lipinski definition) is 1. The molecule has 0 aliphatic heterocycles. The highest BCUT2D eigenvalue weighted by Gasteiger charge is 2.12. The third-order valence-corrected chi connectivity index (χ3v) is 2.68. The first kappa shape index (κ1) is 9.56. The summed E-state index contributed by atoms with van der Waals surface area (Å²) < 4.78 is 0. The van der Waals surface area contributed by atoms with E-state index in [2.05, 4.69) is 4.98 Å². The third kappa shape index (κ3) is 1.41. The molecule has 0 spiro atoms. The maximum atomic E-state index is 11.2. The maximum Gasteiger partial charge on any atom is 0.177 e. The van der Waals surface area contributed by atoms with Crippen LogP contribution in [0.1, 0.15) is 17.4 Å². The SMILES string of the molecule is CC(=O)c1[nH]c2cc(Cl)ccc2c1Cl. The van der Waals surface area contributed by atoms with Crippen molar-refractivity contribution in [2.75, 3.05) is 0 Å². The van der Waals surface area contributed by atoms with Crippen LogP contribution in [0.3, 0.4) is 0 Å². The van der Waals surface area contributed by atoms with E-state index in [1.165, 1.54) is 6.92 Å². The highest BCUT2D eigenvalue weighted by molar-refractivity contribution is 6.39. The van der Waals surface area contributed by atoms with Crippen LogP contribution < -0.4 is 0 Å². The van der Waals surface area contributed by atoms with Crippen molar-refractivity contribution in [3.63, 3.8) is 0 Å². The molecule has 0 aliphatic carbocycles. The van der Waals surface area contributed by atoms with E-state index in [1.807, 2.05) is 0 Å². The Morgan fingerprint density at radius 3 is 2.71 bits per heavy atom. The summed E-state index contributed by atoms with van der Waals surface area (Å²) in [5.41, 5.74) is 1.22. The first-order valence-corrected chi connectivity index (χ1v) is 4.83. The summed E-state index contributed by atoms with van der Waals surface area (Å²) in [7, 11) is 0. The molecule has 0 unspecified atom stereocenters. The molecular formula is C10H7Cl2NO. The number of nitrogens with one attached hydrogen (secondary N) is 1. The second-order valence-electron chi connectivity index (χ2n) is 3.06. The Bertz CT molecular complexity index is 516. The summed E-state index contributed by atoms with van der Waals surface area (Å²) >= 11 is 11.8. The van der Waals surface area contributed by atoms with Gasteiger partial charge in [0.05, 0.1) is 5.02 Å². The number of rotatable bonds is 1. The summed E-state index contributed by atoms with van der Waals surface area (Å²) in [5, 5.41) is 1.90. The van der Waals surface area contributed by atoms with Gasteiger partial charge in [-0.1, -0.05) is 23.2 Å². The van der Waals surface area contributed by atoms with E-state index in [-0.39, 0.29) is 5.78 Å². The fourth-order valence-electron chi connectivity index (χ4n) is 1.38. The van der Waals surface area contributed by atoms with E-state index in [1.54, 1.807) is 18.2 Å². The second kappa shape index (κ2) is 3.30. The van der Waals surface area contributed by atoms with E-state index in [9.17, 15) is 4.79 Å². The van der Waals surface area contributed by atoms with Gasteiger partial charge >= 0.3 is 0 Å². The lowest BCUT2D eigenvalue weighted by atomic mass is 10.2. The number of ketones is 1. The number of fused-ring (bicyclic) bond motifs is 1. The van der Waals surface area contributed by atoms with E-state index in [4.69, 9.17) is 23.2 Å². The van der Waals surface area contributed by atoms with Crippen molar-refractivity contribution in [2.24, 2.45) is 0 Å². The lowest BCUT2D eigenvalue weighted by Gasteiger charge is -1.90. The first-order valence-electron chi connectivity index (χ1n) is 4.07. The number of aromatic amines is 1. The summed E-state index contributed by atoms with van der Waals surface area (Å²) in [6, 6.07) is 5.28. The molecular weight excluding hydrogens is 221 g/mol. The number of Topliss-reactive ketones (excluding diaryl/α,β-unsaturated/α-hetero) is 1. The fourth-order valence-corrected chi connectivity index (χ4v) is 1.90. The lowest BCUT2D eigenvalue weighted by Crippen LogP contribution is -1.91. The minimum Gasteiger partial charge on any atom is -0.351 e. The molecule has 1 heterocycles. The van der Waals surface area contributed by atoms with Gasteiger partial charge in [0, 0.05) is 22.8 Å². The van der Waals surface area contributed by atoms with Crippen molar-refractivity contribution < 1.29 is 4.79 Å². The molecule has 72 valence electrons. The van der Waals surface area contributed by atoms with Gasteiger partial charge in [-0.3, -0.25) is 4.79 Å². The Balaban J connectivity index is 2.79. The number of hydrogen-bond acceptors (Lipinski definition) is 1. The quantitative estimate of drug-likeness (QED) is 0.742. The van der Waals surface area contributed by atoms with Crippen molar-refractivity contribution in [1.29, 1.82) is 0 Å². The van der Waals surface area contributed by atoms with Crippen LogP contribution in [0, 0.1) is 0 Å². The lowest BCUT2D eigenvalue weighted by molar-refractivity contribution is 0.101. The molecule has 14 heavy (non-hydrogen) atoms. The van der Waals surface area contributed by atoms with Crippen LogP contribution in [0.25, 0.3) is 10.9 Å². The van der Waals surface area contributed by atoms with Crippen molar-refractivity contribution in [2.45, 2.75) is 6.92 Å². The van der Waals surface area contributed by atoms with Crippen molar-refractivity contribution in [3.05, 3.63) is 33.9 Å². The Morgan fingerprint density at radius 1 is 1.36 bits per heavy atom. The number of H-pyrrole nitrogens is 1. The van der Waals surface area contributed by atoms with Crippen LogP contribution >= 0.6 is 23.2 Å². The molecule has 0 saturated heterocycles. The molecule has 0 saturated carbocycles. The topological polar surface area (TPSA) is 32.9 Å². The number of carbonyl (C=O) groups excluding carboxylic acids is 1. The average molecular weight is 228 g/mol.